The molecular formula is C21H32N4O4. The Morgan fingerprint density at radius 3 is 2.76 bits per heavy atom. The van der Waals surface area contributed by atoms with Crippen LogP contribution in [0.5, 0.6) is 5.75 Å². The quantitative estimate of drug-likeness (QED) is 0.441. The summed E-state index contributed by atoms with van der Waals surface area (Å²) < 4.78 is 10.7. The highest BCUT2D eigenvalue weighted by atomic mass is 16.5. The van der Waals surface area contributed by atoms with Gasteiger partial charge >= 0.3 is 5.97 Å². The highest BCUT2D eigenvalue weighted by molar-refractivity contribution is 5.95. The predicted octanol–water partition coefficient (Wildman–Crippen LogP) is 1.28. The first-order valence-electron chi connectivity index (χ1n) is 10.4. The van der Waals surface area contributed by atoms with Gasteiger partial charge in [0.25, 0.3) is 5.91 Å². The molecule has 0 aromatic heterocycles. The molecule has 0 radical (unpaired) electrons. The molecule has 1 aromatic rings. The fourth-order valence-electron chi connectivity index (χ4n) is 3.97. The van der Waals surface area contributed by atoms with Crippen molar-refractivity contribution in [3.8, 4) is 5.75 Å². The van der Waals surface area contributed by atoms with Crippen LogP contribution in [0.2, 0.25) is 0 Å². The van der Waals surface area contributed by atoms with Gasteiger partial charge in [-0.05, 0) is 56.7 Å². The molecule has 5 N–H and O–H groups in total. The molecule has 2 fully saturated rings. The highest BCUT2D eigenvalue weighted by Crippen LogP contribution is 2.23. The number of anilines is 1. The molecule has 2 aliphatic rings. The summed E-state index contributed by atoms with van der Waals surface area (Å²) in [5.41, 5.74) is 12.8. The number of benzene rings is 1. The number of amides is 1. The average molecular weight is 405 g/mol. The zero-order chi connectivity index (χ0) is 20.8. The summed E-state index contributed by atoms with van der Waals surface area (Å²) in [6.45, 7) is 2.31. The van der Waals surface area contributed by atoms with Gasteiger partial charge in [0.1, 0.15) is 17.9 Å². The summed E-state index contributed by atoms with van der Waals surface area (Å²) in [4.78, 5) is 26.8. The first-order valence-corrected chi connectivity index (χ1v) is 10.4. The van der Waals surface area contributed by atoms with Crippen molar-refractivity contribution in [3.63, 3.8) is 0 Å². The van der Waals surface area contributed by atoms with Crippen LogP contribution in [0.15, 0.2) is 18.2 Å². The van der Waals surface area contributed by atoms with Crippen molar-refractivity contribution in [1.82, 2.24) is 10.2 Å². The third-order valence-corrected chi connectivity index (χ3v) is 5.75. The van der Waals surface area contributed by atoms with Crippen LogP contribution in [-0.4, -0.2) is 61.7 Å². The topological polar surface area (TPSA) is 120 Å². The van der Waals surface area contributed by atoms with E-state index in [1.807, 2.05) is 0 Å². The van der Waals surface area contributed by atoms with Gasteiger partial charge in [0.15, 0.2) is 0 Å². The van der Waals surface area contributed by atoms with Crippen molar-refractivity contribution >= 4 is 17.6 Å². The van der Waals surface area contributed by atoms with Crippen LogP contribution in [0.1, 0.15) is 48.9 Å². The molecule has 1 unspecified atom stereocenters. The number of hydrogen-bond acceptors (Lipinski definition) is 7. The summed E-state index contributed by atoms with van der Waals surface area (Å²) in [7, 11) is 1.52. The fourth-order valence-corrected chi connectivity index (χ4v) is 3.97. The second-order valence-corrected chi connectivity index (χ2v) is 7.95. The van der Waals surface area contributed by atoms with Gasteiger partial charge in [0, 0.05) is 31.2 Å². The van der Waals surface area contributed by atoms with Crippen LogP contribution in [0.3, 0.4) is 0 Å². The normalized spacial score (nSPS) is 21.1. The van der Waals surface area contributed by atoms with Crippen molar-refractivity contribution < 1.29 is 19.1 Å². The van der Waals surface area contributed by atoms with Crippen molar-refractivity contribution in [2.24, 2.45) is 5.73 Å². The molecule has 1 heterocycles. The minimum Gasteiger partial charge on any atom is -0.495 e. The van der Waals surface area contributed by atoms with E-state index in [0.29, 0.717) is 30.0 Å². The molecular weight excluding hydrogens is 372 g/mol. The second kappa shape index (κ2) is 9.93. The van der Waals surface area contributed by atoms with E-state index in [-0.39, 0.29) is 24.0 Å². The van der Waals surface area contributed by atoms with Crippen LogP contribution in [0, 0.1) is 0 Å². The Morgan fingerprint density at radius 1 is 1.28 bits per heavy atom. The molecule has 1 saturated carbocycles. The molecule has 1 aliphatic heterocycles. The van der Waals surface area contributed by atoms with Crippen LogP contribution in [0.25, 0.3) is 0 Å². The zero-order valence-electron chi connectivity index (χ0n) is 17.1. The number of hydrogen-bond donors (Lipinski definition) is 3. The number of carbonyl (C=O) groups excluding carboxylic acids is 2. The summed E-state index contributed by atoms with van der Waals surface area (Å²) in [5, 5.41) is 3.05. The summed E-state index contributed by atoms with van der Waals surface area (Å²) >= 11 is 0. The number of carbonyl (C=O) groups is 2. The standard InChI is InChI=1S/C21H32N4O4/c1-28-19-12-14(6-7-17(19)22)20(26)24-15-8-10-25(13-15)11-9-18(23)21(27)29-16-4-2-3-5-16/h6-7,12,15-16,18H,2-5,8-11,13,22-23H2,1H3,(H,24,26)/t15?,18-/m0/s1. The molecule has 2 atom stereocenters. The number of nitrogens with one attached hydrogen (secondary N) is 1. The number of rotatable bonds is 8. The minimum atomic E-state index is -0.591. The third kappa shape index (κ3) is 5.83. The first-order chi connectivity index (χ1) is 14.0. The maximum absolute atomic E-state index is 12.5. The van der Waals surface area contributed by atoms with Gasteiger partial charge in [-0.15, -0.1) is 0 Å². The van der Waals surface area contributed by atoms with Gasteiger partial charge < -0.3 is 31.2 Å². The Balaban J connectivity index is 1.40. The van der Waals surface area contributed by atoms with Crippen molar-refractivity contribution in [1.29, 1.82) is 0 Å². The Labute approximate surface area is 171 Å². The van der Waals surface area contributed by atoms with Crippen molar-refractivity contribution in [3.05, 3.63) is 23.8 Å². The Kier molecular flexibility index (Phi) is 7.33. The number of esters is 1. The lowest BCUT2D eigenvalue weighted by Gasteiger charge is -2.20. The SMILES string of the molecule is COc1cc(C(=O)NC2CCN(CC[C@H](N)C(=O)OC3CCCC3)C2)ccc1N. The van der Waals surface area contributed by atoms with Crippen molar-refractivity contribution in [2.45, 2.75) is 56.7 Å². The molecule has 3 rings (SSSR count). The smallest absolute Gasteiger partial charge is 0.323 e. The number of nitrogens with zero attached hydrogens (tertiary/aromatic N) is 1. The number of nitrogens with two attached hydrogens (primary N) is 2. The van der Waals surface area contributed by atoms with Gasteiger partial charge in [0.05, 0.1) is 12.8 Å². The minimum absolute atomic E-state index is 0.0480. The summed E-state index contributed by atoms with van der Waals surface area (Å²) in [5.74, 6) is 0.0504. The molecule has 1 aliphatic carbocycles. The van der Waals surface area contributed by atoms with E-state index >= 15 is 0 Å². The number of methoxy groups -OCH3 is 1. The Morgan fingerprint density at radius 2 is 2.03 bits per heavy atom. The third-order valence-electron chi connectivity index (χ3n) is 5.75. The van der Waals surface area contributed by atoms with Gasteiger partial charge in [-0.25, -0.2) is 0 Å². The molecule has 1 aromatic carbocycles. The summed E-state index contributed by atoms with van der Waals surface area (Å²) in [6, 6.07) is 4.47. The van der Waals surface area contributed by atoms with Crippen molar-refractivity contribution in [2.75, 3.05) is 32.5 Å². The largest absolute Gasteiger partial charge is 0.495 e. The molecule has 0 spiro atoms. The van der Waals surface area contributed by atoms with E-state index in [4.69, 9.17) is 20.9 Å². The molecule has 8 nitrogen and oxygen atoms in total. The Bertz CT molecular complexity index is 721. The molecule has 1 amide bonds. The lowest BCUT2D eigenvalue weighted by atomic mass is 10.1. The molecule has 29 heavy (non-hydrogen) atoms. The maximum atomic E-state index is 12.5. The van der Waals surface area contributed by atoms with Crippen LogP contribution >= 0.6 is 0 Å². The van der Waals surface area contributed by atoms with E-state index in [1.165, 1.54) is 7.11 Å². The number of nitrogen functional groups attached to an aromatic ring is 1. The number of likely N-dealkylation sites (tertiary alicyclic amines) is 1. The number of ether oxygens (including phenoxy) is 2. The molecule has 1 saturated heterocycles. The van der Waals surface area contributed by atoms with Gasteiger partial charge in [-0.1, -0.05) is 0 Å². The monoisotopic (exact) mass is 404 g/mol. The van der Waals surface area contributed by atoms with Crippen LogP contribution in [0.4, 0.5) is 5.69 Å². The second-order valence-electron chi connectivity index (χ2n) is 7.95. The van der Waals surface area contributed by atoms with E-state index in [9.17, 15) is 9.59 Å². The lowest BCUT2D eigenvalue weighted by Crippen LogP contribution is -2.39. The molecule has 160 valence electrons. The van der Waals surface area contributed by atoms with Gasteiger partial charge in [0.2, 0.25) is 0 Å². The van der Waals surface area contributed by atoms with E-state index in [1.54, 1.807) is 18.2 Å². The first kappa shape index (κ1) is 21.4. The zero-order valence-corrected chi connectivity index (χ0v) is 17.1. The lowest BCUT2D eigenvalue weighted by molar-refractivity contribution is -0.150. The van der Waals surface area contributed by atoms with E-state index < -0.39 is 6.04 Å². The average Bonchev–Trinajstić information content (AvgIpc) is 3.38. The Hall–Kier alpha value is -2.32. The van der Waals surface area contributed by atoms with Crippen LogP contribution in [-0.2, 0) is 9.53 Å². The van der Waals surface area contributed by atoms with Crippen LogP contribution < -0.4 is 21.5 Å². The predicted molar refractivity (Wildman–Crippen MR) is 111 cm³/mol. The fraction of sp³-hybridized carbons (Fsp3) is 0.619. The van der Waals surface area contributed by atoms with Gasteiger partial charge in [-0.2, -0.15) is 0 Å². The highest BCUT2D eigenvalue weighted by Gasteiger charge is 2.27. The molecule has 0 bridgehead atoms. The molecule has 8 heteroatoms. The van der Waals surface area contributed by atoms with E-state index in [0.717, 1.165) is 45.2 Å². The van der Waals surface area contributed by atoms with E-state index in [2.05, 4.69) is 10.2 Å². The summed E-state index contributed by atoms with van der Waals surface area (Å²) in [6.07, 6.45) is 5.61. The van der Waals surface area contributed by atoms with Gasteiger partial charge in [-0.3, -0.25) is 9.59 Å². The maximum Gasteiger partial charge on any atom is 0.323 e.